The van der Waals surface area contributed by atoms with E-state index in [1.54, 1.807) is 0 Å². The van der Waals surface area contributed by atoms with Crippen molar-refractivity contribution in [2.24, 2.45) is 41.4 Å². The van der Waals surface area contributed by atoms with Crippen molar-refractivity contribution in [2.75, 3.05) is 0 Å². The van der Waals surface area contributed by atoms with Crippen molar-refractivity contribution in [2.45, 2.75) is 72.0 Å². The molecular formula is C20H34O2. The normalized spacial score (nSPS) is 52.0. The van der Waals surface area contributed by atoms with Crippen LogP contribution < -0.4 is 0 Å². The van der Waals surface area contributed by atoms with Crippen molar-refractivity contribution in [1.82, 2.24) is 0 Å². The predicted molar refractivity (Wildman–Crippen MR) is 90.3 cm³/mol. The molecule has 0 saturated heterocycles. The first-order valence-corrected chi connectivity index (χ1v) is 9.37. The lowest BCUT2D eigenvalue weighted by Crippen LogP contribution is -2.64. The minimum absolute atomic E-state index is 0.0304. The number of hydrogen-bond donors (Lipinski definition) is 2. The van der Waals surface area contributed by atoms with Crippen molar-refractivity contribution in [1.29, 1.82) is 0 Å². The molecule has 0 aromatic heterocycles. The molecule has 2 N–H and O–H groups in total. The second-order valence-electron chi connectivity index (χ2n) is 8.90. The van der Waals surface area contributed by atoms with Crippen LogP contribution in [0.2, 0.25) is 0 Å². The molecule has 126 valence electrons. The highest BCUT2D eigenvalue weighted by molar-refractivity contribution is 5.25. The summed E-state index contributed by atoms with van der Waals surface area (Å²) in [6.45, 7) is 11.2. The maximum absolute atomic E-state index is 11.9. The van der Waals surface area contributed by atoms with Crippen LogP contribution in [0.25, 0.3) is 0 Å². The maximum atomic E-state index is 11.9. The standard InChI is InChI=1S/C20H34O2/c1-11(2)15-8-6-12(3)16-9-7-14(5)20(22)17(15)10-13(4)19(21)18(16)20/h10-12,14-19,21-22H,6-9H2,1-5H3/t12-,14-,15-,16+,17+,18+,19-,20+/m1/s1. The van der Waals surface area contributed by atoms with Crippen LogP contribution in [0.5, 0.6) is 0 Å². The van der Waals surface area contributed by atoms with E-state index >= 15 is 0 Å². The van der Waals surface area contributed by atoms with Gasteiger partial charge in [0.15, 0.2) is 0 Å². The Kier molecular flexibility index (Phi) is 4.23. The Balaban J connectivity index is 2.16. The van der Waals surface area contributed by atoms with Gasteiger partial charge in [-0.25, -0.2) is 0 Å². The minimum Gasteiger partial charge on any atom is -0.389 e. The van der Waals surface area contributed by atoms with Crippen molar-refractivity contribution < 1.29 is 10.2 Å². The minimum atomic E-state index is -0.717. The number of rotatable bonds is 1. The number of aliphatic hydroxyl groups excluding tert-OH is 1. The fraction of sp³-hybridized carbons (Fsp3) is 0.900. The summed E-state index contributed by atoms with van der Waals surface area (Å²) < 4.78 is 0. The summed E-state index contributed by atoms with van der Waals surface area (Å²) in [6.07, 6.45) is 6.50. The van der Waals surface area contributed by atoms with Crippen LogP contribution in [-0.4, -0.2) is 21.9 Å². The molecule has 0 amide bonds. The van der Waals surface area contributed by atoms with Crippen LogP contribution in [0.4, 0.5) is 0 Å². The van der Waals surface area contributed by atoms with Crippen molar-refractivity contribution >= 4 is 0 Å². The SMILES string of the molecule is CC1=C[C@H]2[C@@H](C(C)C)CC[C@@H](C)[C@@H]3CC[C@@H](C)[C@@]2(O)[C@@H]3[C@@H]1O. The summed E-state index contributed by atoms with van der Waals surface area (Å²) in [6, 6.07) is 0. The lowest BCUT2D eigenvalue weighted by molar-refractivity contribution is -0.202. The zero-order chi connectivity index (χ0) is 16.2. The van der Waals surface area contributed by atoms with Gasteiger partial charge in [-0.1, -0.05) is 40.2 Å². The molecule has 0 heterocycles. The highest BCUT2D eigenvalue weighted by atomic mass is 16.3. The first kappa shape index (κ1) is 16.5. The van der Waals surface area contributed by atoms with Crippen molar-refractivity contribution in [3.8, 4) is 0 Å². The molecule has 3 rings (SSSR count). The summed E-state index contributed by atoms with van der Waals surface area (Å²) in [5.74, 6) is 2.70. The van der Waals surface area contributed by atoms with E-state index in [2.05, 4.69) is 40.7 Å². The van der Waals surface area contributed by atoms with Gasteiger partial charge in [0, 0.05) is 11.8 Å². The summed E-state index contributed by atoms with van der Waals surface area (Å²) in [7, 11) is 0. The molecule has 0 aromatic carbocycles. The second-order valence-corrected chi connectivity index (χ2v) is 8.90. The summed E-state index contributed by atoms with van der Waals surface area (Å²) in [5.41, 5.74) is 0.379. The number of hydrogen-bond acceptors (Lipinski definition) is 2. The van der Waals surface area contributed by atoms with Gasteiger partial charge in [0.05, 0.1) is 11.7 Å². The van der Waals surface area contributed by atoms with Crippen LogP contribution in [0.3, 0.4) is 0 Å². The van der Waals surface area contributed by atoms with Crippen LogP contribution in [0.15, 0.2) is 11.6 Å². The second kappa shape index (κ2) is 5.63. The van der Waals surface area contributed by atoms with Gasteiger partial charge >= 0.3 is 0 Å². The van der Waals surface area contributed by atoms with Crippen LogP contribution in [-0.2, 0) is 0 Å². The largest absolute Gasteiger partial charge is 0.389 e. The Hall–Kier alpha value is -0.340. The van der Waals surface area contributed by atoms with Gasteiger partial charge in [-0.05, 0) is 61.3 Å². The zero-order valence-electron chi connectivity index (χ0n) is 14.9. The van der Waals surface area contributed by atoms with Gasteiger partial charge in [0.1, 0.15) is 0 Å². The third kappa shape index (κ3) is 2.21. The van der Waals surface area contributed by atoms with E-state index in [0.717, 1.165) is 12.0 Å². The first-order chi connectivity index (χ1) is 10.3. The summed E-state index contributed by atoms with van der Waals surface area (Å²) in [5, 5.41) is 22.8. The topological polar surface area (TPSA) is 40.5 Å². The number of aliphatic hydroxyl groups is 2. The molecule has 0 radical (unpaired) electrons. The average Bonchev–Trinajstić information content (AvgIpc) is 2.45. The van der Waals surface area contributed by atoms with Gasteiger partial charge in [0.25, 0.3) is 0 Å². The Bertz CT molecular complexity index is 455. The first-order valence-electron chi connectivity index (χ1n) is 9.37. The maximum Gasteiger partial charge on any atom is 0.0806 e. The summed E-state index contributed by atoms with van der Waals surface area (Å²) >= 11 is 0. The molecule has 2 heteroatoms. The lowest BCUT2D eigenvalue weighted by Gasteiger charge is -2.60. The quantitative estimate of drug-likeness (QED) is 0.718. The van der Waals surface area contributed by atoms with Gasteiger partial charge in [-0.15, -0.1) is 0 Å². The molecule has 0 spiro atoms. The average molecular weight is 306 g/mol. The molecule has 22 heavy (non-hydrogen) atoms. The van der Waals surface area contributed by atoms with Gasteiger partial charge in [0.2, 0.25) is 0 Å². The molecular weight excluding hydrogens is 272 g/mol. The van der Waals surface area contributed by atoms with E-state index in [0.29, 0.717) is 23.7 Å². The van der Waals surface area contributed by atoms with Gasteiger partial charge in [-0.2, -0.15) is 0 Å². The lowest BCUT2D eigenvalue weighted by atomic mass is 9.48. The Labute approximate surface area is 136 Å². The highest BCUT2D eigenvalue weighted by Gasteiger charge is 2.60. The molecule has 0 aromatic rings. The Morgan fingerprint density at radius 3 is 2.45 bits per heavy atom. The van der Waals surface area contributed by atoms with E-state index in [4.69, 9.17) is 0 Å². The fourth-order valence-corrected chi connectivity index (χ4v) is 6.06. The molecule has 3 aliphatic rings. The third-order valence-corrected chi connectivity index (χ3v) is 7.50. The van der Waals surface area contributed by atoms with E-state index < -0.39 is 11.7 Å². The predicted octanol–water partition coefficient (Wildman–Crippen LogP) is 4.02. The molecule has 2 saturated carbocycles. The van der Waals surface area contributed by atoms with Crippen molar-refractivity contribution in [3.63, 3.8) is 0 Å². The molecule has 2 nitrogen and oxygen atoms in total. The monoisotopic (exact) mass is 306 g/mol. The Morgan fingerprint density at radius 2 is 1.82 bits per heavy atom. The van der Waals surface area contributed by atoms with Crippen LogP contribution >= 0.6 is 0 Å². The fourth-order valence-electron chi connectivity index (χ4n) is 6.06. The van der Waals surface area contributed by atoms with Gasteiger partial charge < -0.3 is 10.2 Å². The highest BCUT2D eigenvalue weighted by Crippen LogP contribution is 2.58. The van der Waals surface area contributed by atoms with Crippen LogP contribution in [0.1, 0.15) is 60.3 Å². The van der Waals surface area contributed by atoms with Gasteiger partial charge in [-0.3, -0.25) is 0 Å². The van der Waals surface area contributed by atoms with E-state index in [1.807, 2.05) is 0 Å². The molecule has 4 bridgehead atoms. The molecule has 2 fully saturated rings. The smallest absolute Gasteiger partial charge is 0.0806 e. The van der Waals surface area contributed by atoms with E-state index in [9.17, 15) is 10.2 Å². The van der Waals surface area contributed by atoms with E-state index in [1.165, 1.54) is 19.3 Å². The molecule has 8 atom stereocenters. The zero-order valence-corrected chi connectivity index (χ0v) is 14.9. The summed E-state index contributed by atoms with van der Waals surface area (Å²) in [4.78, 5) is 0. The van der Waals surface area contributed by atoms with E-state index in [-0.39, 0.29) is 17.8 Å². The molecule has 3 aliphatic carbocycles. The Morgan fingerprint density at radius 1 is 1.14 bits per heavy atom. The molecule has 0 aliphatic heterocycles. The third-order valence-electron chi connectivity index (χ3n) is 7.50. The van der Waals surface area contributed by atoms with Crippen molar-refractivity contribution in [3.05, 3.63) is 11.6 Å². The molecule has 0 unspecified atom stereocenters. The van der Waals surface area contributed by atoms with Crippen LogP contribution in [0, 0.1) is 41.4 Å².